The lowest BCUT2D eigenvalue weighted by molar-refractivity contribution is 0.318. The fourth-order valence-electron chi connectivity index (χ4n) is 1.92. The Hall–Kier alpha value is -1.71. The number of halogens is 2. The summed E-state index contributed by atoms with van der Waals surface area (Å²) in [7, 11) is 0. The Morgan fingerprint density at radius 2 is 2.05 bits per heavy atom. The molecule has 0 amide bonds. The number of aromatic hydroxyl groups is 1. The molecule has 2 rings (SSSR count). The molecule has 0 atom stereocenters. The van der Waals surface area contributed by atoms with E-state index in [9.17, 15) is 10.4 Å². The van der Waals surface area contributed by atoms with Crippen molar-refractivity contribution in [3.05, 3.63) is 56.1 Å². The van der Waals surface area contributed by atoms with Gasteiger partial charge < -0.3 is 9.84 Å². The second kappa shape index (κ2) is 7.52. The van der Waals surface area contributed by atoms with Crippen molar-refractivity contribution in [1.29, 1.82) is 5.26 Å². The lowest BCUT2D eigenvalue weighted by atomic mass is 10.0. The third kappa shape index (κ3) is 3.93. The minimum atomic E-state index is -0.0894. The fraction of sp³-hybridized carbons (Fsp3) is 0.118. The van der Waals surface area contributed by atoms with Crippen LogP contribution in [0.15, 0.2) is 36.4 Å². The molecule has 0 fully saturated rings. The van der Waals surface area contributed by atoms with Gasteiger partial charge in [-0.15, -0.1) is 0 Å². The maximum absolute atomic E-state index is 9.85. The summed E-state index contributed by atoms with van der Waals surface area (Å²) in [5.41, 5.74) is 2.03. The summed E-state index contributed by atoms with van der Waals surface area (Å²) in [6, 6.07) is 13.1. The number of hydrogen-bond donors (Lipinski definition) is 1. The molecule has 0 unspecified atom stereocenters. The maximum Gasteiger partial charge on any atom is 0.176 e. The second-order valence-electron chi connectivity index (χ2n) is 4.46. The number of phenols is 1. The zero-order valence-corrected chi connectivity index (χ0v) is 14.7. The molecule has 0 aliphatic carbocycles. The van der Waals surface area contributed by atoms with E-state index in [1.807, 2.05) is 31.2 Å². The molecule has 0 spiro atoms. The van der Waals surface area contributed by atoms with Crippen LogP contribution < -0.4 is 4.74 Å². The smallest absolute Gasteiger partial charge is 0.176 e. The van der Waals surface area contributed by atoms with Crippen molar-refractivity contribution in [2.75, 3.05) is 6.61 Å². The molecule has 2 aromatic rings. The number of phenolic OH excluding ortho intramolecular Hbond substituents is 1. The SMILES string of the molecule is CCOc1cc(/C=C(/C#N)c2ccc(I)cc2)cc(Cl)c1O. The molecular weight excluding hydrogens is 413 g/mol. The van der Waals surface area contributed by atoms with Crippen LogP contribution in [0.2, 0.25) is 5.02 Å². The molecule has 0 heterocycles. The van der Waals surface area contributed by atoms with Gasteiger partial charge in [-0.1, -0.05) is 23.7 Å². The summed E-state index contributed by atoms with van der Waals surface area (Å²) in [5.74, 6) is 0.217. The Labute approximate surface area is 147 Å². The first kappa shape index (κ1) is 16.7. The van der Waals surface area contributed by atoms with Crippen molar-refractivity contribution in [1.82, 2.24) is 0 Å². The van der Waals surface area contributed by atoms with Gasteiger partial charge >= 0.3 is 0 Å². The van der Waals surface area contributed by atoms with Crippen molar-refractivity contribution < 1.29 is 9.84 Å². The predicted molar refractivity (Wildman–Crippen MR) is 96.9 cm³/mol. The fourth-order valence-corrected chi connectivity index (χ4v) is 2.50. The van der Waals surface area contributed by atoms with Gasteiger partial charge in [-0.25, -0.2) is 0 Å². The Balaban J connectivity index is 2.46. The summed E-state index contributed by atoms with van der Waals surface area (Å²) in [5, 5.41) is 19.4. The van der Waals surface area contributed by atoms with Crippen LogP contribution in [0.1, 0.15) is 18.1 Å². The van der Waals surface area contributed by atoms with Crippen molar-refractivity contribution >= 4 is 45.8 Å². The molecule has 0 aromatic heterocycles. The average Bonchev–Trinajstić information content (AvgIpc) is 2.51. The van der Waals surface area contributed by atoms with Crippen LogP contribution in [0, 0.1) is 14.9 Å². The van der Waals surface area contributed by atoms with Gasteiger partial charge in [0.1, 0.15) is 0 Å². The zero-order valence-electron chi connectivity index (χ0n) is 11.8. The van der Waals surface area contributed by atoms with Gasteiger partial charge in [-0.3, -0.25) is 0 Å². The van der Waals surface area contributed by atoms with Gasteiger partial charge in [0, 0.05) is 3.57 Å². The maximum atomic E-state index is 9.85. The molecule has 0 saturated heterocycles. The highest BCUT2D eigenvalue weighted by Gasteiger charge is 2.10. The number of hydrogen-bond acceptors (Lipinski definition) is 3. The summed E-state index contributed by atoms with van der Waals surface area (Å²) in [4.78, 5) is 0. The third-order valence-electron chi connectivity index (χ3n) is 2.94. The number of allylic oxidation sites excluding steroid dienone is 1. The molecule has 1 N–H and O–H groups in total. The summed E-state index contributed by atoms with van der Waals surface area (Å²) in [6.45, 7) is 2.24. The minimum absolute atomic E-state index is 0.0894. The summed E-state index contributed by atoms with van der Waals surface area (Å²) < 4.78 is 6.45. The highest BCUT2D eigenvalue weighted by atomic mass is 127. The predicted octanol–water partition coefficient (Wildman–Crippen LogP) is 5.11. The first-order valence-corrected chi connectivity index (χ1v) is 8.04. The molecule has 2 aromatic carbocycles. The van der Waals surface area contributed by atoms with Gasteiger partial charge in [0.05, 0.1) is 23.3 Å². The van der Waals surface area contributed by atoms with E-state index < -0.39 is 0 Å². The standard InChI is InChI=1S/C17H13ClINO2/c1-2-22-16-9-11(8-15(18)17(16)21)7-13(10-20)12-3-5-14(19)6-4-12/h3-9,21H,2H2,1H3/b13-7-. The quantitative estimate of drug-likeness (QED) is 0.420. The van der Waals surface area contributed by atoms with E-state index in [0.29, 0.717) is 23.5 Å². The van der Waals surface area contributed by atoms with Crippen LogP contribution in [0.3, 0.4) is 0 Å². The summed E-state index contributed by atoms with van der Waals surface area (Å²) >= 11 is 8.22. The van der Waals surface area contributed by atoms with E-state index in [2.05, 4.69) is 28.7 Å². The number of nitrogens with zero attached hydrogens (tertiary/aromatic N) is 1. The molecule has 0 aliphatic rings. The van der Waals surface area contributed by atoms with E-state index in [4.69, 9.17) is 16.3 Å². The topological polar surface area (TPSA) is 53.2 Å². The monoisotopic (exact) mass is 425 g/mol. The molecule has 22 heavy (non-hydrogen) atoms. The normalized spacial score (nSPS) is 11.1. The number of benzene rings is 2. The Morgan fingerprint density at radius 3 is 2.64 bits per heavy atom. The van der Waals surface area contributed by atoms with Crippen molar-refractivity contribution in [2.24, 2.45) is 0 Å². The molecule has 0 radical (unpaired) electrons. The van der Waals surface area contributed by atoms with Crippen LogP contribution in [0.5, 0.6) is 11.5 Å². The molecule has 112 valence electrons. The van der Waals surface area contributed by atoms with Crippen molar-refractivity contribution in [3.8, 4) is 17.6 Å². The molecule has 0 saturated carbocycles. The van der Waals surface area contributed by atoms with E-state index in [1.54, 1.807) is 18.2 Å². The molecule has 3 nitrogen and oxygen atoms in total. The third-order valence-corrected chi connectivity index (χ3v) is 3.94. The summed E-state index contributed by atoms with van der Waals surface area (Å²) in [6.07, 6.45) is 1.72. The first-order valence-electron chi connectivity index (χ1n) is 6.58. The zero-order chi connectivity index (χ0) is 16.1. The van der Waals surface area contributed by atoms with Gasteiger partial charge in [-0.05, 0) is 71.0 Å². The Bertz CT molecular complexity index is 748. The van der Waals surface area contributed by atoms with Gasteiger partial charge in [0.2, 0.25) is 0 Å². The van der Waals surface area contributed by atoms with Gasteiger partial charge in [0.25, 0.3) is 0 Å². The van der Waals surface area contributed by atoms with Crippen LogP contribution in [0.4, 0.5) is 0 Å². The van der Waals surface area contributed by atoms with Crippen molar-refractivity contribution in [2.45, 2.75) is 6.92 Å². The Kier molecular flexibility index (Phi) is 5.69. The highest BCUT2D eigenvalue weighted by Crippen LogP contribution is 2.36. The van der Waals surface area contributed by atoms with Gasteiger partial charge in [0.15, 0.2) is 11.5 Å². The van der Waals surface area contributed by atoms with Crippen LogP contribution >= 0.6 is 34.2 Å². The first-order chi connectivity index (χ1) is 10.5. The number of nitriles is 1. The lowest BCUT2D eigenvalue weighted by Gasteiger charge is -2.09. The largest absolute Gasteiger partial charge is 0.503 e. The van der Waals surface area contributed by atoms with Crippen molar-refractivity contribution in [3.63, 3.8) is 0 Å². The molecule has 5 heteroatoms. The molecular formula is C17H13ClINO2. The Morgan fingerprint density at radius 1 is 1.36 bits per heavy atom. The number of ether oxygens (including phenoxy) is 1. The average molecular weight is 426 g/mol. The second-order valence-corrected chi connectivity index (χ2v) is 6.11. The lowest BCUT2D eigenvalue weighted by Crippen LogP contribution is -1.93. The van der Waals surface area contributed by atoms with E-state index in [0.717, 1.165) is 9.13 Å². The van der Waals surface area contributed by atoms with E-state index >= 15 is 0 Å². The van der Waals surface area contributed by atoms with Crippen LogP contribution in [-0.4, -0.2) is 11.7 Å². The van der Waals surface area contributed by atoms with E-state index in [1.165, 1.54) is 0 Å². The minimum Gasteiger partial charge on any atom is -0.503 e. The van der Waals surface area contributed by atoms with Crippen LogP contribution in [0.25, 0.3) is 11.6 Å². The van der Waals surface area contributed by atoms with E-state index in [-0.39, 0.29) is 10.8 Å². The van der Waals surface area contributed by atoms with Gasteiger partial charge in [-0.2, -0.15) is 5.26 Å². The van der Waals surface area contributed by atoms with Crippen LogP contribution in [-0.2, 0) is 0 Å². The molecule has 0 bridgehead atoms. The number of rotatable bonds is 4. The highest BCUT2D eigenvalue weighted by molar-refractivity contribution is 14.1. The molecule has 0 aliphatic heterocycles.